The molecule has 0 heterocycles. The van der Waals surface area contributed by atoms with E-state index in [4.69, 9.17) is 9.47 Å². The standard InChI is InChI=1S/C12H24F3NO2/c1-3-16-11(5-4-7-12(13,14)15)6-8-18-10-9-17-2/h11,16H,3-10H2,1-2H3. The van der Waals surface area contributed by atoms with E-state index in [1.54, 1.807) is 7.11 Å². The Morgan fingerprint density at radius 3 is 2.39 bits per heavy atom. The summed E-state index contributed by atoms with van der Waals surface area (Å²) < 4.78 is 46.2. The van der Waals surface area contributed by atoms with Crippen LogP contribution in [0.2, 0.25) is 0 Å². The second-order valence-corrected chi connectivity index (χ2v) is 4.16. The van der Waals surface area contributed by atoms with E-state index >= 15 is 0 Å². The molecular formula is C12H24F3NO2. The largest absolute Gasteiger partial charge is 0.389 e. The highest BCUT2D eigenvalue weighted by atomic mass is 19.4. The Kier molecular flexibility index (Phi) is 10.4. The van der Waals surface area contributed by atoms with Crippen molar-refractivity contribution in [1.82, 2.24) is 5.32 Å². The summed E-state index contributed by atoms with van der Waals surface area (Å²) >= 11 is 0. The summed E-state index contributed by atoms with van der Waals surface area (Å²) in [5.41, 5.74) is 0. The summed E-state index contributed by atoms with van der Waals surface area (Å²) in [6.07, 6.45) is -3.33. The maximum Gasteiger partial charge on any atom is 0.389 e. The first-order valence-electron chi connectivity index (χ1n) is 6.36. The Hall–Kier alpha value is -0.330. The molecule has 0 saturated carbocycles. The number of hydrogen-bond acceptors (Lipinski definition) is 3. The minimum atomic E-state index is -4.05. The van der Waals surface area contributed by atoms with Crippen LogP contribution in [0.1, 0.15) is 32.6 Å². The van der Waals surface area contributed by atoms with E-state index in [0.717, 1.165) is 13.0 Å². The van der Waals surface area contributed by atoms with Crippen LogP contribution in [-0.2, 0) is 9.47 Å². The van der Waals surface area contributed by atoms with E-state index in [2.05, 4.69) is 5.32 Å². The monoisotopic (exact) mass is 271 g/mol. The molecule has 0 aromatic rings. The fraction of sp³-hybridized carbons (Fsp3) is 1.00. The smallest absolute Gasteiger partial charge is 0.382 e. The highest BCUT2D eigenvalue weighted by Gasteiger charge is 2.26. The van der Waals surface area contributed by atoms with E-state index in [9.17, 15) is 13.2 Å². The van der Waals surface area contributed by atoms with Gasteiger partial charge in [-0.2, -0.15) is 13.2 Å². The second-order valence-electron chi connectivity index (χ2n) is 4.16. The first-order valence-corrected chi connectivity index (χ1v) is 6.36. The Bertz CT molecular complexity index is 189. The number of halogens is 3. The van der Waals surface area contributed by atoms with Gasteiger partial charge in [0, 0.05) is 26.2 Å². The predicted octanol–water partition coefficient (Wildman–Crippen LogP) is 2.75. The molecule has 0 spiro atoms. The minimum Gasteiger partial charge on any atom is -0.382 e. The van der Waals surface area contributed by atoms with Crippen LogP contribution in [0.5, 0.6) is 0 Å². The van der Waals surface area contributed by atoms with Gasteiger partial charge in [-0.3, -0.25) is 0 Å². The summed E-state index contributed by atoms with van der Waals surface area (Å²) in [5, 5.41) is 3.18. The lowest BCUT2D eigenvalue weighted by atomic mass is 10.1. The van der Waals surface area contributed by atoms with Crippen molar-refractivity contribution in [2.75, 3.05) is 33.5 Å². The lowest BCUT2D eigenvalue weighted by Crippen LogP contribution is -2.30. The van der Waals surface area contributed by atoms with Crippen LogP contribution < -0.4 is 5.32 Å². The molecule has 0 aliphatic heterocycles. The van der Waals surface area contributed by atoms with E-state index in [0.29, 0.717) is 26.2 Å². The molecule has 0 bridgehead atoms. The normalized spacial score (nSPS) is 13.8. The molecule has 0 aromatic carbocycles. The van der Waals surface area contributed by atoms with Crippen LogP contribution >= 0.6 is 0 Å². The highest BCUT2D eigenvalue weighted by Crippen LogP contribution is 2.23. The third kappa shape index (κ3) is 12.1. The molecule has 0 saturated heterocycles. The highest BCUT2D eigenvalue weighted by molar-refractivity contribution is 4.67. The van der Waals surface area contributed by atoms with Crippen LogP contribution in [0, 0.1) is 0 Å². The molecule has 3 nitrogen and oxygen atoms in total. The molecule has 0 radical (unpaired) electrons. The van der Waals surface area contributed by atoms with Crippen molar-refractivity contribution in [3.63, 3.8) is 0 Å². The minimum absolute atomic E-state index is 0.0971. The molecule has 1 unspecified atom stereocenters. The molecule has 0 aromatic heterocycles. The van der Waals surface area contributed by atoms with Gasteiger partial charge in [-0.25, -0.2) is 0 Å². The Morgan fingerprint density at radius 1 is 1.11 bits per heavy atom. The van der Waals surface area contributed by atoms with Gasteiger partial charge in [-0.1, -0.05) is 6.92 Å². The van der Waals surface area contributed by atoms with Gasteiger partial charge < -0.3 is 14.8 Å². The maximum atomic E-state index is 12.0. The van der Waals surface area contributed by atoms with Gasteiger partial charge in [0.05, 0.1) is 13.2 Å². The number of alkyl halides is 3. The summed E-state index contributed by atoms with van der Waals surface area (Å²) in [6, 6.07) is 0.0971. The third-order valence-electron chi connectivity index (χ3n) is 2.55. The molecule has 0 aliphatic carbocycles. The lowest BCUT2D eigenvalue weighted by molar-refractivity contribution is -0.135. The molecular weight excluding hydrogens is 247 g/mol. The number of rotatable bonds is 11. The zero-order valence-corrected chi connectivity index (χ0v) is 11.2. The van der Waals surface area contributed by atoms with E-state index in [1.807, 2.05) is 6.92 Å². The van der Waals surface area contributed by atoms with Crippen molar-refractivity contribution in [1.29, 1.82) is 0 Å². The SMILES string of the molecule is CCNC(CCCC(F)(F)F)CCOCCOC. The average molecular weight is 271 g/mol. The summed E-state index contributed by atoms with van der Waals surface area (Å²) in [6.45, 7) is 4.32. The van der Waals surface area contributed by atoms with Gasteiger partial charge in [0.25, 0.3) is 0 Å². The number of methoxy groups -OCH3 is 1. The molecule has 110 valence electrons. The maximum absolute atomic E-state index is 12.0. The Balaban J connectivity index is 3.64. The summed E-state index contributed by atoms with van der Waals surface area (Å²) in [4.78, 5) is 0. The van der Waals surface area contributed by atoms with Crippen LogP contribution in [0.4, 0.5) is 13.2 Å². The summed E-state index contributed by atoms with van der Waals surface area (Å²) in [7, 11) is 1.60. The molecule has 0 rings (SSSR count). The second kappa shape index (κ2) is 10.6. The van der Waals surface area contributed by atoms with Crippen LogP contribution in [0.3, 0.4) is 0 Å². The number of hydrogen-bond donors (Lipinski definition) is 1. The van der Waals surface area contributed by atoms with Crippen molar-refractivity contribution in [2.24, 2.45) is 0 Å². The van der Waals surface area contributed by atoms with Crippen LogP contribution in [0.25, 0.3) is 0 Å². The van der Waals surface area contributed by atoms with E-state index in [-0.39, 0.29) is 12.5 Å². The van der Waals surface area contributed by atoms with Gasteiger partial charge in [0.15, 0.2) is 0 Å². The molecule has 0 aliphatic rings. The van der Waals surface area contributed by atoms with Crippen molar-refractivity contribution < 1.29 is 22.6 Å². The first-order chi connectivity index (χ1) is 8.49. The molecule has 0 amide bonds. The van der Waals surface area contributed by atoms with Gasteiger partial charge >= 0.3 is 6.18 Å². The van der Waals surface area contributed by atoms with Crippen molar-refractivity contribution in [3.8, 4) is 0 Å². The van der Waals surface area contributed by atoms with Crippen molar-refractivity contribution in [3.05, 3.63) is 0 Å². The van der Waals surface area contributed by atoms with Gasteiger partial charge in [-0.15, -0.1) is 0 Å². The Morgan fingerprint density at radius 2 is 1.83 bits per heavy atom. The van der Waals surface area contributed by atoms with Crippen molar-refractivity contribution >= 4 is 0 Å². The topological polar surface area (TPSA) is 30.5 Å². The molecule has 1 atom stereocenters. The fourth-order valence-corrected chi connectivity index (χ4v) is 1.66. The number of nitrogens with one attached hydrogen (secondary N) is 1. The first kappa shape index (κ1) is 17.7. The predicted molar refractivity (Wildman–Crippen MR) is 64.7 cm³/mol. The Labute approximate surface area is 107 Å². The molecule has 0 fully saturated rings. The van der Waals surface area contributed by atoms with E-state index in [1.165, 1.54) is 0 Å². The molecule has 18 heavy (non-hydrogen) atoms. The van der Waals surface area contributed by atoms with Gasteiger partial charge in [-0.05, 0) is 25.8 Å². The van der Waals surface area contributed by atoms with E-state index < -0.39 is 12.6 Å². The summed E-state index contributed by atoms with van der Waals surface area (Å²) in [5.74, 6) is 0. The number of ether oxygens (including phenoxy) is 2. The van der Waals surface area contributed by atoms with Gasteiger partial charge in [0.2, 0.25) is 0 Å². The van der Waals surface area contributed by atoms with Gasteiger partial charge in [0.1, 0.15) is 0 Å². The zero-order valence-electron chi connectivity index (χ0n) is 11.2. The van der Waals surface area contributed by atoms with Crippen molar-refractivity contribution in [2.45, 2.75) is 44.8 Å². The zero-order chi connectivity index (χ0) is 13.9. The fourth-order valence-electron chi connectivity index (χ4n) is 1.66. The van der Waals surface area contributed by atoms with Crippen LogP contribution in [0.15, 0.2) is 0 Å². The average Bonchev–Trinajstić information content (AvgIpc) is 2.27. The molecule has 6 heteroatoms. The molecule has 1 N–H and O–H groups in total. The quantitative estimate of drug-likeness (QED) is 0.586. The van der Waals surface area contributed by atoms with Crippen LogP contribution in [-0.4, -0.2) is 45.7 Å². The lowest BCUT2D eigenvalue weighted by Gasteiger charge is -2.18. The third-order valence-corrected chi connectivity index (χ3v) is 2.55.